The van der Waals surface area contributed by atoms with Gasteiger partial charge < -0.3 is 9.13 Å². The van der Waals surface area contributed by atoms with Crippen LogP contribution in [0.1, 0.15) is 75.3 Å². The highest BCUT2D eigenvalue weighted by Crippen LogP contribution is 2.33. The second-order valence-electron chi connectivity index (χ2n) is 18.7. The molecule has 6 aromatic carbocycles. The van der Waals surface area contributed by atoms with Crippen molar-refractivity contribution in [2.75, 3.05) is 33.0 Å². The number of para-hydroxylation sites is 4. The van der Waals surface area contributed by atoms with Crippen LogP contribution in [0.15, 0.2) is 156 Å². The van der Waals surface area contributed by atoms with E-state index >= 15 is 0 Å². The molecule has 0 spiro atoms. The van der Waals surface area contributed by atoms with Crippen LogP contribution in [-0.4, -0.2) is 73.5 Å². The Kier molecular flexibility index (Phi) is 13.5. The zero-order chi connectivity index (χ0) is 46.5. The number of nitrogens with zero attached hydrogens (tertiary/aromatic N) is 6. The van der Waals surface area contributed by atoms with Crippen LogP contribution in [0.25, 0.3) is 43.6 Å². The fourth-order valence-electron chi connectivity index (χ4n) is 10.5. The molecule has 2 saturated heterocycles. The molecule has 2 aromatic heterocycles. The summed E-state index contributed by atoms with van der Waals surface area (Å²) in [6.45, 7) is 1.95. The third-order valence-electron chi connectivity index (χ3n) is 13.9. The minimum absolute atomic E-state index is 0.120. The van der Waals surface area contributed by atoms with Crippen LogP contribution in [-0.2, 0) is 32.8 Å². The van der Waals surface area contributed by atoms with Crippen LogP contribution in [0.4, 0.5) is 11.4 Å². The summed E-state index contributed by atoms with van der Waals surface area (Å²) in [5.74, 6) is 0.641. The average molecular weight is 945 g/mol. The van der Waals surface area contributed by atoms with Gasteiger partial charge in [0.05, 0.1) is 58.9 Å². The molecule has 10 nitrogen and oxygen atoms in total. The lowest BCUT2D eigenvalue weighted by Gasteiger charge is -2.25. The minimum Gasteiger partial charge on any atom is -0.340 e. The molecule has 0 radical (unpaired) electrons. The topological polar surface area (TPSA) is 109 Å². The second-order valence-corrected chi connectivity index (χ2v) is 23.1. The highest BCUT2D eigenvalue weighted by molar-refractivity contribution is 7.92. The molecular weight excluding hydrogens is 885 g/mol. The summed E-state index contributed by atoms with van der Waals surface area (Å²) in [7, 11) is -6.12. The number of hydrogen-bond acceptors (Lipinski definition) is 8. The van der Waals surface area contributed by atoms with Crippen LogP contribution in [0.5, 0.6) is 0 Å². The fraction of sp³-hybridized carbons (Fsp3) is 0.321. The molecule has 12 heteroatoms. The number of sulfone groups is 2. The summed E-state index contributed by atoms with van der Waals surface area (Å²) in [5, 5.41) is 18.5. The van der Waals surface area contributed by atoms with Gasteiger partial charge in [-0.05, 0) is 97.5 Å². The molecular formula is C56H60N6O4S2. The molecule has 2 atom stereocenters. The van der Waals surface area contributed by atoms with Gasteiger partial charge in [0.15, 0.2) is 19.7 Å². The van der Waals surface area contributed by atoms with Crippen molar-refractivity contribution in [2.24, 2.45) is 10.2 Å². The summed E-state index contributed by atoms with van der Waals surface area (Å²) < 4.78 is 54.5. The van der Waals surface area contributed by atoms with Gasteiger partial charge in [-0.3, -0.25) is 10.0 Å². The normalized spacial score (nSPS) is 18.0. The van der Waals surface area contributed by atoms with E-state index in [1.165, 1.54) is 82.1 Å². The average Bonchev–Trinajstić information content (AvgIpc) is 4.09. The van der Waals surface area contributed by atoms with E-state index in [4.69, 9.17) is 10.2 Å². The number of unbranched alkanes of at least 4 members (excludes halogenated alkanes) is 7. The Morgan fingerprint density at radius 1 is 0.441 bits per heavy atom. The first kappa shape index (κ1) is 45.5. The molecule has 0 N–H and O–H groups in total. The highest BCUT2D eigenvalue weighted by atomic mass is 32.2. The fourth-order valence-corrected chi connectivity index (χ4v) is 13.9. The lowest BCUT2D eigenvalue weighted by atomic mass is 10.1. The van der Waals surface area contributed by atoms with Crippen molar-refractivity contribution < 1.29 is 16.8 Å². The molecule has 350 valence electrons. The summed E-state index contributed by atoms with van der Waals surface area (Å²) in [6, 6.07) is 49.8. The third-order valence-corrected chi connectivity index (χ3v) is 17.4. The summed E-state index contributed by atoms with van der Waals surface area (Å²) in [5.41, 5.74) is 8.74. The maximum atomic E-state index is 12.4. The molecule has 8 aromatic rings. The van der Waals surface area contributed by atoms with Gasteiger partial charge in [-0.2, -0.15) is 10.2 Å². The van der Waals surface area contributed by atoms with Crippen molar-refractivity contribution >= 4 is 87.1 Å². The van der Waals surface area contributed by atoms with Gasteiger partial charge in [0, 0.05) is 56.7 Å². The number of fused-ring (bicyclic) bond motifs is 6. The minimum atomic E-state index is -3.06. The quantitative estimate of drug-likeness (QED) is 0.0454. The first-order chi connectivity index (χ1) is 33.2. The predicted octanol–water partition coefficient (Wildman–Crippen LogP) is 11.8. The SMILES string of the molecule is O=S1(=O)CCC(N(/N=C/c2ccc3c(c2)c2ccccc2n3CCCCCCCCCCn2c3ccccc3c3cc(/C=N/N(c4ccccc4)C4CCS(=O)(=O)C4)ccc32)c2ccccc2)C1. The van der Waals surface area contributed by atoms with Gasteiger partial charge in [0.25, 0.3) is 0 Å². The summed E-state index contributed by atoms with van der Waals surface area (Å²) in [6.07, 6.45) is 14.5. The van der Waals surface area contributed by atoms with E-state index in [0.717, 1.165) is 48.4 Å². The monoisotopic (exact) mass is 944 g/mol. The van der Waals surface area contributed by atoms with Crippen LogP contribution in [0, 0.1) is 0 Å². The molecule has 0 amide bonds. The number of aryl methyl sites for hydroxylation is 2. The van der Waals surface area contributed by atoms with Crippen molar-refractivity contribution in [1.82, 2.24) is 9.13 Å². The third kappa shape index (κ3) is 10.1. The van der Waals surface area contributed by atoms with Crippen molar-refractivity contribution in [3.8, 4) is 0 Å². The van der Waals surface area contributed by atoms with Crippen molar-refractivity contribution in [3.05, 3.63) is 157 Å². The number of anilines is 2. The molecule has 0 aliphatic carbocycles. The zero-order valence-electron chi connectivity index (χ0n) is 38.6. The number of aromatic nitrogens is 2. The van der Waals surface area contributed by atoms with E-state index in [1.54, 1.807) is 0 Å². The van der Waals surface area contributed by atoms with Gasteiger partial charge in [-0.25, -0.2) is 16.8 Å². The number of benzene rings is 6. The first-order valence-electron chi connectivity index (χ1n) is 24.4. The largest absolute Gasteiger partial charge is 0.340 e. The Bertz CT molecular complexity index is 3100. The van der Waals surface area contributed by atoms with E-state index in [9.17, 15) is 16.8 Å². The van der Waals surface area contributed by atoms with Crippen LogP contribution in [0.3, 0.4) is 0 Å². The standard InChI is InChI=1S/C56H60N6O4S2/c63-67(64)35-31-47(41-67)61(45-19-9-7-10-20-45)57-39-43-27-29-55-51(37-43)49-23-13-15-25-53(49)59(55)33-17-5-3-1-2-4-6-18-34-60-54-26-16-14-24-50(54)52-38-44(28-30-56(52)60)40-58-62(46-21-11-8-12-22-46)48-32-36-68(65,66)42-48/h7-16,19-30,37-40,47-48H,1-6,17-18,31-36,41-42H2/b57-39+,58-40+. The number of hydrazone groups is 2. The highest BCUT2D eigenvalue weighted by Gasteiger charge is 2.34. The Labute approximate surface area is 400 Å². The summed E-state index contributed by atoms with van der Waals surface area (Å²) >= 11 is 0. The maximum Gasteiger partial charge on any atom is 0.152 e. The zero-order valence-corrected chi connectivity index (χ0v) is 40.2. The van der Waals surface area contributed by atoms with E-state index in [-0.39, 0.29) is 35.1 Å². The van der Waals surface area contributed by atoms with Crippen molar-refractivity contribution in [1.29, 1.82) is 0 Å². The molecule has 4 heterocycles. The van der Waals surface area contributed by atoms with Crippen LogP contribution < -0.4 is 10.0 Å². The van der Waals surface area contributed by atoms with E-state index < -0.39 is 19.7 Å². The molecule has 2 fully saturated rings. The second kappa shape index (κ2) is 20.2. The van der Waals surface area contributed by atoms with Crippen LogP contribution in [0.2, 0.25) is 0 Å². The molecule has 0 saturated carbocycles. The molecule has 2 aliphatic heterocycles. The van der Waals surface area contributed by atoms with Crippen molar-refractivity contribution in [2.45, 2.75) is 89.4 Å². The molecule has 2 aliphatic rings. The van der Waals surface area contributed by atoms with Gasteiger partial charge in [0.1, 0.15) is 0 Å². The van der Waals surface area contributed by atoms with E-state index in [2.05, 4.69) is 94.1 Å². The smallest absolute Gasteiger partial charge is 0.152 e. The first-order valence-corrected chi connectivity index (χ1v) is 28.0. The molecule has 0 bridgehead atoms. The Morgan fingerprint density at radius 3 is 1.21 bits per heavy atom. The van der Waals surface area contributed by atoms with Crippen molar-refractivity contribution in [3.63, 3.8) is 0 Å². The van der Waals surface area contributed by atoms with Gasteiger partial charge in [-0.15, -0.1) is 0 Å². The number of rotatable bonds is 19. The Hall–Kier alpha value is -6.24. The molecule has 2 unspecified atom stereocenters. The lowest BCUT2D eigenvalue weighted by Crippen LogP contribution is -2.31. The Balaban J connectivity index is 0.720. The van der Waals surface area contributed by atoms with E-state index in [0.29, 0.717) is 12.8 Å². The molecule has 68 heavy (non-hydrogen) atoms. The van der Waals surface area contributed by atoms with Gasteiger partial charge >= 0.3 is 0 Å². The molecule has 10 rings (SSSR count). The van der Waals surface area contributed by atoms with Crippen LogP contribution >= 0.6 is 0 Å². The van der Waals surface area contributed by atoms with Gasteiger partial charge in [-0.1, -0.05) is 123 Å². The predicted molar refractivity (Wildman–Crippen MR) is 283 cm³/mol. The number of hydrogen-bond donors (Lipinski definition) is 0. The maximum absolute atomic E-state index is 12.4. The summed E-state index contributed by atoms with van der Waals surface area (Å²) in [4.78, 5) is 0. The lowest BCUT2D eigenvalue weighted by molar-refractivity contribution is 0.536. The Morgan fingerprint density at radius 2 is 0.809 bits per heavy atom. The van der Waals surface area contributed by atoms with Gasteiger partial charge in [0.2, 0.25) is 0 Å². The van der Waals surface area contributed by atoms with E-state index in [1.807, 2.05) is 83.1 Å².